The summed E-state index contributed by atoms with van der Waals surface area (Å²) >= 11 is 0. The second-order valence-electron chi connectivity index (χ2n) is 7.15. The number of hydrogen-bond donors (Lipinski definition) is 3. The summed E-state index contributed by atoms with van der Waals surface area (Å²) < 4.78 is 35.6. The number of carbonyl (C=O) groups is 1. The fraction of sp³-hybridized carbons (Fsp3) is 0.0417. The van der Waals surface area contributed by atoms with Gasteiger partial charge in [-0.3, -0.25) is 14.6 Å². The number of amides is 1. The van der Waals surface area contributed by atoms with E-state index in [2.05, 4.69) is 0 Å². The number of rotatable bonds is 6. The minimum atomic E-state index is -4.65. The van der Waals surface area contributed by atoms with Crippen molar-refractivity contribution in [2.24, 2.45) is 0 Å². The highest BCUT2D eigenvalue weighted by Gasteiger charge is 2.26. The summed E-state index contributed by atoms with van der Waals surface area (Å²) in [4.78, 5) is 12.4. The smallest absolute Gasteiger partial charge is 0.289 e. The van der Waals surface area contributed by atoms with Gasteiger partial charge in [-0.25, -0.2) is 9.79 Å². The quantitative estimate of drug-likeness (QED) is 0.230. The maximum absolute atomic E-state index is 12.4. The Bertz CT molecular complexity index is 1350. The summed E-state index contributed by atoms with van der Waals surface area (Å²) in [6.07, 6.45) is 0. The van der Waals surface area contributed by atoms with E-state index < -0.39 is 22.1 Å². The Morgan fingerprint density at radius 2 is 1.38 bits per heavy atom. The van der Waals surface area contributed by atoms with E-state index in [1.165, 1.54) is 12.1 Å². The number of nitrogens with one attached hydrogen (secondary N) is 1. The van der Waals surface area contributed by atoms with Gasteiger partial charge >= 0.3 is 10.3 Å². The van der Waals surface area contributed by atoms with E-state index in [1.54, 1.807) is 66.1 Å². The van der Waals surface area contributed by atoms with Gasteiger partial charge < -0.3 is 0 Å². The van der Waals surface area contributed by atoms with Crippen molar-refractivity contribution < 1.29 is 23.0 Å². The zero-order valence-corrected chi connectivity index (χ0v) is 17.6. The molecular formula is C24H20N2O5S. The first kappa shape index (κ1) is 21.5. The van der Waals surface area contributed by atoms with E-state index in [-0.39, 0.29) is 5.69 Å². The molecule has 3 N–H and O–H groups in total. The summed E-state index contributed by atoms with van der Waals surface area (Å²) in [6, 6.07) is 27.5. The SMILES string of the molecule is O=C(NO)C(c1ccccc1)c1ccc(N(c2cccc3ccccc23)S(=O)(=O)O)cc1. The lowest BCUT2D eigenvalue weighted by Crippen LogP contribution is -2.27. The summed E-state index contributed by atoms with van der Waals surface area (Å²) in [7, 11) is -4.65. The van der Waals surface area contributed by atoms with Crippen LogP contribution in [0.4, 0.5) is 11.4 Å². The molecule has 0 aliphatic rings. The first-order valence-corrected chi connectivity index (χ1v) is 11.1. The molecule has 4 aromatic carbocycles. The molecule has 1 amide bonds. The minimum Gasteiger partial charge on any atom is -0.289 e. The number of hydroxylamine groups is 1. The van der Waals surface area contributed by atoms with Crippen LogP contribution in [0.2, 0.25) is 0 Å². The number of hydrogen-bond acceptors (Lipinski definition) is 4. The summed E-state index contributed by atoms with van der Waals surface area (Å²) in [5.41, 5.74) is 3.38. The molecule has 0 aromatic heterocycles. The van der Waals surface area contributed by atoms with Gasteiger partial charge in [-0.2, -0.15) is 8.42 Å². The Morgan fingerprint density at radius 3 is 2.03 bits per heavy atom. The van der Waals surface area contributed by atoms with E-state index in [0.717, 1.165) is 9.69 Å². The molecule has 32 heavy (non-hydrogen) atoms. The van der Waals surface area contributed by atoms with Crippen LogP contribution in [-0.4, -0.2) is 24.1 Å². The van der Waals surface area contributed by atoms with E-state index in [1.807, 2.05) is 24.3 Å². The number of benzene rings is 4. The zero-order chi connectivity index (χ0) is 22.7. The molecule has 0 heterocycles. The van der Waals surface area contributed by atoms with Crippen LogP contribution < -0.4 is 9.79 Å². The van der Waals surface area contributed by atoms with Gasteiger partial charge in [0.25, 0.3) is 5.91 Å². The van der Waals surface area contributed by atoms with E-state index >= 15 is 0 Å². The minimum absolute atomic E-state index is 0.198. The molecule has 0 bridgehead atoms. The lowest BCUT2D eigenvalue weighted by molar-refractivity contribution is -0.129. The van der Waals surface area contributed by atoms with Crippen LogP contribution in [0.5, 0.6) is 0 Å². The molecule has 8 heteroatoms. The standard InChI is InChI=1S/C24H20N2O5S/c27-24(25-28)23(18-8-2-1-3-9-18)19-13-15-20(16-14-19)26(32(29,30)31)22-12-6-10-17-7-4-5-11-21(17)22/h1-16,23,28H,(H,25,27)(H,29,30,31). The monoisotopic (exact) mass is 448 g/mol. The van der Waals surface area contributed by atoms with Crippen molar-refractivity contribution >= 4 is 38.4 Å². The van der Waals surface area contributed by atoms with Gasteiger partial charge in [-0.15, -0.1) is 0 Å². The molecular weight excluding hydrogens is 428 g/mol. The molecule has 162 valence electrons. The Balaban J connectivity index is 1.81. The Hall–Kier alpha value is -3.72. The van der Waals surface area contributed by atoms with Crippen molar-refractivity contribution in [2.75, 3.05) is 4.31 Å². The normalized spacial score (nSPS) is 12.3. The second kappa shape index (κ2) is 8.80. The molecule has 0 saturated carbocycles. The first-order chi connectivity index (χ1) is 15.4. The summed E-state index contributed by atoms with van der Waals surface area (Å²) in [5, 5.41) is 10.7. The van der Waals surface area contributed by atoms with Gasteiger partial charge in [0, 0.05) is 5.39 Å². The molecule has 0 aliphatic carbocycles. The summed E-state index contributed by atoms with van der Waals surface area (Å²) in [6.45, 7) is 0. The fourth-order valence-corrected chi connectivity index (χ4v) is 4.59. The molecule has 1 unspecified atom stereocenters. The van der Waals surface area contributed by atoms with Crippen LogP contribution in [0.3, 0.4) is 0 Å². The molecule has 7 nitrogen and oxygen atoms in total. The van der Waals surface area contributed by atoms with Crippen molar-refractivity contribution in [1.82, 2.24) is 5.48 Å². The Labute approximate surface area is 185 Å². The van der Waals surface area contributed by atoms with Crippen molar-refractivity contribution in [3.8, 4) is 0 Å². The van der Waals surface area contributed by atoms with Crippen LogP contribution in [0.15, 0.2) is 97.1 Å². The maximum atomic E-state index is 12.4. The highest BCUT2D eigenvalue weighted by Crippen LogP contribution is 2.35. The molecule has 0 aliphatic heterocycles. The average molecular weight is 449 g/mol. The topological polar surface area (TPSA) is 107 Å². The van der Waals surface area contributed by atoms with Crippen molar-refractivity contribution in [1.29, 1.82) is 0 Å². The van der Waals surface area contributed by atoms with Crippen molar-refractivity contribution in [3.63, 3.8) is 0 Å². The van der Waals surface area contributed by atoms with Gasteiger partial charge in [-0.05, 0) is 34.7 Å². The number of carbonyl (C=O) groups excluding carboxylic acids is 1. The molecule has 0 fully saturated rings. The van der Waals surface area contributed by atoms with Crippen LogP contribution >= 0.6 is 0 Å². The highest BCUT2D eigenvalue weighted by atomic mass is 32.2. The molecule has 0 spiro atoms. The third kappa shape index (κ3) is 4.19. The molecule has 4 aromatic rings. The van der Waals surface area contributed by atoms with Crippen LogP contribution in [0.25, 0.3) is 10.8 Å². The van der Waals surface area contributed by atoms with Crippen LogP contribution in [0.1, 0.15) is 17.0 Å². The third-order valence-electron chi connectivity index (χ3n) is 5.18. The van der Waals surface area contributed by atoms with E-state index in [9.17, 15) is 23.0 Å². The molecule has 1 atom stereocenters. The molecule has 0 radical (unpaired) electrons. The van der Waals surface area contributed by atoms with Crippen LogP contribution in [0, 0.1) is 0 Å². The van der Waals surface area contributed by atoms with E-state index in [0.29, 0.717) is 22.2 Å². The second-order valence-corrected chi connectivity index (χ2v) is 8.41. The number of anilines is 2. The number of fused-ring (bicyclic) bond motifs is 1. The van der Waals surface area contributed by atoms with Crippen molar-refractivity contribution in [3.05, 3.63) is 108 Å². The highest BCUT2D eigenvalue weighted by molar-refractivity contribution is 7.87. The van der Waals surface area contributed by atoms with Gasteiger partial charge in [0.1, 0.15) is 0 Å². The first-order valence-electron chi connectivity index (χ1n) is 9.74. The maximum Gasteiger partial charge on any atom is 0.364 e. The van der Waals surface area contributed by atoms with Gasteiger partial charge in [-0.1, -0.05) is 78.9 Å². The zero-order valence-electron chi connectivity index (χ0n) is 16.8. The Kier molecular flexibility index (Phi) is 5.91. The van der Waals surface area contributed by atoms with E-state index in [4.69, 9.17) is 0 Å². The largest absolute Gasteiger partial charge is 0.364 e. The molecule has 0 saturated heterocycles. The van der Waals surface area contributed by atoms with Crippen LogP contribution in [-0.2, 0) is 15.1 Å². The third-order valence-corrected chi connectivity index (χ3v) is 6.05. The van der Waals surface area contributed by atoms with Gasteiger partial charge in [0.15, 0.2) is 0 Å². The fourth-order valence-electron chi connectivity index (χ4n) is 3.79. The van der Waals surface area contributed by atoms with Gasteiger partial charge in [0.05, 0.1) is 17.3 Å². The lowest BCUT2D eigenvalue weighted by atomic mass is 9.90. The molecule has 4 rings (SSSR count). The predicted octanol–water partition coefficient (Wildman–Crippen LogP) is 4.42. The lowest BCUT2D eigenvalue weighted by Gasteiger charge is -2.23. The van der Waals surface area contributed by atoms with Gasteiger partial charge in [0.2, 0.25) is 0 Å². The number of nitrogens with zero attached hydrogens (tertiary/aromatic N) is 1. The Morgan fingerprint density at radius 1 is 0.781 bits per heavy atom. The van der Waals surface area contributed by atoms with Crippen molar-refractivity contribution in [2.45, 2.75) is 5.92 Å². The predicted molar refractivity (Wildman–Crippen MR) is 122 cm³/mol. The average Bonchev–Trinajstić information content (AvgIpc) is 2.80. The summed E-state index contributed by atoms with van der Waals surface area (Å²) in [5.74, 6) is -1.42.